The van der Waals surface area contributed by atoms with E-state index in [9.17, 15) is 5.11 Å². The number of phenolic OH excluding ortho intramolecular Hbond substituents is 1. The minimum Gasteiger partial charge on any atom is -0.506 e. The van der Waals surface area contributed by atoms with Crippen LogP contribution < -0.4 is 11.1 Å². The number of anilines is 3. The summed E-state index contributed by atoms with van der Waals surface area (Å²) in [5.74, 6) is 0.710. The molecule has 4 N–H and O–H groups in total. The number of nitrogens with zero attached hydrogens (tertiary/aromatic N) is 1. The Bertz CT molecular complexity index is 427. The van der Waals surface area contributed by atoms with Crippen LogP contribution in [-0.2, 0) is 0 Å². The third kappa shape index (κ3) is 1.99. The molecule has 15 heavy (non-hydrogen) atoms. The summed E-state index contributed by atoms with van der Waals surface area (Å²) >= 11 is 0. The zero-order valence-electron chi connectivity index (χ0n) is 8.01. The number of aromatic hydroxyl groups is 1. The average Bonchev–Trinajstić information content (AvgIpc) is 2.24. The average molecular weight is 201 g/mol. The molecule has 1 aromatic heterocycles. The van der Waals surface area contributed by atoms with E-state index in [-0.39, 0.29) is 5.75 Å². The number of hydrogen-bond donors (Lipinski definition) is 3. The lowest BCUT2D eigenvalue weighted by Gasteiger charge is -2.08. The van der Waals surface area contributed by atoms with Crippen molar-refractivity contribution in [2.24, 2.45) is 0 Å². The van der Waals surface area contributed by atoms with Gasteiger partial charge in [-0.15, -0.1) is 0 Å². The smallest absolute Gasteiger partial charge is 0.153 e. The molecule has 0 atom stereocenters. The SMILES string of the molecule is Nc1cccnc1Nc1ccccc1O. The lowest BCUT2D eigenvalue weighted by Crippen LogP contribution is -1.98. The highest BCUT2D eigenvalue weighted by molar-refractivity contribution is 5.71. The number of hydrogen-bond acceptors (Lipinski definition) is 4. The van der Waals surface area contributed by atoms with E-state index in [1.54, 1.807) is 36.5 Å². The summed E-state index contributed by atoms with van der Waals surface area (Å²) in [4.78, 5) is 4.07. The van der Waals surface area contributed by atoms with Crippen molar-refractivity contribution >= 4 is 17.2 Å². The fraction of sp³-hybridized carbons (Fsp3) is 0. The number of nitrogens with two attached hydrogens (primary N) is 1. The fourth-order valence-electron chi connectivity index (χ4n) is 1.23. The number of rotatable bonds is 2. The molecule has 2 aromatic rings. The summed E-state index contributed by atoms with van der Waals surface area (Å²) in [5, 5.41) is 12.5. The molecule has 4 nitrogen and oxygen atoms in total. The maximum Gasteiger partial charge on any atom is 0.153 e. The van der Waals surface area contributed by atoms with Crippen LogP contribution in [0.4, 0.5) is 17.2 Å². The van der Waals surface area contributed by atoms with Crippen LogP contribution in [0.3, 0.4) is 0 Å². The van der Waals surface area contributed by atoms with E-state index < -0.39 is 0 Å². The highest BCUT2D eigenvalue weighted by atomic mass is 16.3. The minimum atomic E-state index is 0.169. The molecule has 0 saturated carbocycles. The van der Waals surface area contributed by atoms with Gasteiger partial charge in [0.1, 0.15) is 5.75 Å². The number of nitrogen functional groups attached to an aromatic ring is 1. The molecule has 1 aromatic carbocycles. The van der Waals surface area contributed by atoms with Crippen molar-refractivity contribution in [3.8, 4) is 5.75 Å². The van der Waals surface area contributed by atoms with Crippen LogP contribution in [0.15, 0.2) is 42.6 Å². The van der Waals surface area contributed by atoms with Gasteiger partial charge in [-0.05, 0) is 24.3 Å². The van der Waals surface area contributed by atoms with Gasteiger partial charge >= 0.3 is 0 Å². The first-order chi connectivity index (χ1) is 7.27. The molecule has 0 amide bonds. The van der Waals surface area contributed by atoms with Gasteiger partial charge in [0, 0.05) is 6.20 Å². The van der Waals surface area contributed by atoms with Gasteiger partial charge in [0.25, 0.3) is 0 Å². The van der Waals surface area contributed by atoms with E-state index >= 15 is 0 Å². The second-order valence-electron chi connectivity index (χ2n) is 3.08. The summed E-state index contributed by atoms with van der Waals surface area (Å²) in [5.41, 5.74) is 6.84. The van der Waals surface area contributed by atoms with E-state index in [0.29, 0.717) is 17.2 Å². The quantitative estimate of drug-likeness (QED) is 0.651. The Balaban J connectivity index is 2.30. The lowest BCUT2D eigenvalue weighted by molar-refractivity contribution is 0.477. The van der Waals surface area contributed by atoms with Crippen molar-refractivity contribution < 1.29 is 5.11 Å². The Hall–Kier alpha value is -2.23. The van der Waals surface area contributed by atoms with E-state index in [1.807, 2.05) is 6.07 Å². The van der Waals surface area contributed by atoms with Crippen LogP contribution in [0, 0.1) is 0 Å². The Labute approximate surface area is 87.4 Å². The molecule has 1 heterocycles. The Kier molecular flexibility index (Phi) is 2.41. The van der Waals surface area contributed by atoms with E-state index in [1.165, 1.54) is 0 Å². The van der Waals surface area contributed by atoms with Crippen LogP contribution in [0.2, 0.25) is 0 Å². The molecule has 0 spiro atoms. The molecular weight excluding hydrogens is 190 g/mol. The predicted octanol–water partition coefficient (Wildman–Crippen LogP) is 2.11. The van der Waals surface area contributed by atoms with E-state index in [2.05, 4.69) is 10.3 Å². The number of nitrogens with one attached hydrogen (secondary N) is 1. The molecule has 2 rings (SSSR count). The van der Waals surface area contributed by atoms with E-state index in [0.717, 1.165) is 0 Å². The monoisotopic (exact) mass is 201 g/mol. The van der Waals surface area contributed by atoms with Crippen molar-refractivity contribution in [3.63, 3.8) is 0 Å². The Morgan fingerprint density at radius 2 is 1.93 bits per heavy atom. The molecular formula is C11H11N3O. The first-order valence-electron chi connectivity index (χ1n) is 4.53. The van der Waals surface area contributed by atoms with Crippen LogP contribution in [-0.4, -0.2) is 10.1 Å². The fourth-order valence-corrected chi connectivity index (χ4v) is 1.23. The summed E-state index contributed by atoms with van der Waals surface area (Å²) in [6.45, 7) is 0. The third-order valence-corrected chi connectivity index (χ3v) is 2.00. The number of phenols is 1. The first-order valence-corrected chi connectivity index (χ1v) is 4.53. The molecule has 76 valence electrons. The lowest BCUT2D eigenvalue weighted by atomic mass is 10.3. The van der Waals surface area contributed by atoms with Crippen LogP contribution >= 0.6 is 0 Å². The number of pyridine rings is 1. The van der Waals surface area contributed by atoms with Crippen molar-refractivity contribution in [1.82, 2.24) is 4.98 Å². The van der Waals surface area contributed by atoms with Gasteiger partial charge in [0.05, 0.1) is 11.4 Å². The molecule has 0 unspecified atom stereocenters. The Morgan fingerprint density at radius 3 is 2.67 bits per heavy atom. The van der Waals surface area contributed by atoms with Crippen molar-refractivity contribution in [2.45, 2.75) is 0 Å². The van der Waals surface area contributed by atoms with Gasteiger partial charge in [0.2, 0.25) is 0 Å². The second-order valence-corrected chi connectivity index (χ2v) is 3.08. The van der Waals surface area contributed by atoms with Gasteiger partial charge in [0.15, 0.2) is 5.82 Å². The maximum absolute atomic E-state index is 9.53. The molecule has 0 radical (unpaired) electrons. The molecule has 0 fully saturated rings. The number of para-hydroxylation sites is 2. The zero-order valence-corrected chi connectivity index (χ0v) is 8.01. The van der Waals surface area contributed by atoms with Crippen molar-refractivity contribution in [3.05, 3.63) is 42.6 Å². The molecule has 0 aliphatic carbocycles. The third-order valence-electron chi connectivity index (χ3n) is 2.00. The molecule has 0 saturated heterocycles. The molecule has 0 aliphatic heterocycles. The van der Waals surface area contributed by atoms with Crippen molar-refractivity contribution in [2.75, 3.05) is 11.1 Å². The summed E-state index contributed by atoms with van der Waals surface area (Å²) in [6.07, 6.45) is 1.64. The highest BCUT2D eigenvalue weighted by Crippen LogP contribution is 2.26. The second kappa shape index (κ2) is 3.88. The van der Waals surface area contributed by atoms with Crippen LogP contribution in [0.25, 0.3) is 0 Å². The molecule has 0 bridgehead atoms. The standard InChI is InChI=1S/C11H11N3O/c12-8-4-3-7-13-11(8)14-9-5-1-2-6-10(9)15/h1-7,15H,12H2,(H,13,14). The summed E-state index contributed by atoms with van der Waals surface area (Å²) < 4.78 is 0. The minimum absolute atomic E-state index is 0.169. The first kappa shape index (κ1) is 9.33. The summed E-state index contributed by atoms with van der Waals surface area (Å²) in [7, 11) is 0. The predicted molar refractivity (Wildman–Crippen MR) is 60.0 cm³/mol. The largest absolute Gasteiger partial charge is 0.506 e. The summed E-state index contributed by atoms with van der Waals surface area (Å²) in [6, 6.07) is 10.4. The van der Waals surface area contributed by atoms with Gasteiger partial charge < -0.3 is 16.2 Å². The number of aromatic nitrogens is 1. The number of benzene rings is 1. The van der Waals surface area contributed by atoms with E-state index in [4.69, 9.17) is 5.73 Å². The van der Waals surface area contributed by atoms with Gasteiger partial charge in [-0.2, -0.15) is 0 Å². The highest BCUT2D eigenvalue weighted by Gasteiger charge is 2.02. The normalized spacial score (nSPS) is 9.87. The van der Waals surface area contributed by atoms with Gasteiger partial charge in [-0.25, -0.2) is 4.98 Å². The molecule has 0 aliphatic rings. The maximum atomic E-state index is 9.53. The topological polar surface area (TPSA) is 71.2 Å². The zero-order chi connectivity index (χ0) is 10.7. The Morgan fingerprint density at radius 1 is 1.13 bits per heavy atom. The van der Waals surface area contributed by atoms with Crippen LogP contribution in [0.1, 0.15) is 0 Å². The van der Waals surface area contributed by atoms with Crippen molar-refractivity contribution in [1.29, 1.82) is 0 Å². The van der Waals surface area contributed by atoms with Crippen LogP contribution in [0.5, 0.6) is 5.75 Å². The van der Waals surface area contributed by atoms with Gasteiger partial charge in [-0.3, -0.25) is 0 Å². The van der Waals surface area contributed by atoms with Gasteiger partial charge in [-0.1, -0.05) is 12.1 Å². The molecule has 4 heteroatoms.